The SMILES string of the molecule is Cn1c(Nc2ccc(-c3ccc(C(=O)CC(C)(C)C(=O)O)cc3)nc2)nc2ccccc21. The van der Waals surface area contributed by atoms with Crippen LogP contribution in [-0.2, 0) is 11.8 Å². The molecule has 0 bridgehead atoms. The molecule has 0 saturated carbocycles. The number of carboxylic acids is 1. The Morgan fingerprint density at radius 2 is 1.75 bits per heavy atom. The molecule has 0 radical (unpaired) electrons. The lowest BCUT2D eigenvalue weighted by molar-refractivity contribution is -0.146. The predicted molar refractivity (Wildman–Crippen MR) is 124 cm³/mol. The number of aliphatic carboxylic acids is 1. The summed E-state index contributed by atoms with van der Waals surface area (Å²) in [7, 11) is 1.96. The average molecular weight is 428 g/mol. The lowest BCUT2D eigenvalue weighted by Crippen LogP contribution is -2.26. The molecular formula is C25H24N4O3. The summed E-state index contributed by atoms with van der Waals surface area (Å²) in [5.41, 5.74) is 3.81. The molecule has 4 rings (SSSR count). The lowest BCUT2D eigenvalue weighted by atomic mass is 9.85. The van der Waals surface area contributed by atoms with Crippen LogP contribution in [0.3, 0.4) is 0 Å². The zero-order chi connectivity index (χ0) is 22.9. The Balaban J connectivity index is 1.47. The smallest absolute Gasteiger partial charge is 0.309 e. The Hall–Kier alpha value is -4.00. The minimum absolute atomic E-state index is 0.0531. The molecule has 0 spiro atoms. The van der Waals surface area contributed by atoms with Gasteiger partial charge in [-0.15, -0.1) is 0 Å². The molecule has 2 heterocycles. The summed E-state index contributed by atoms with van der Waals surface area (Å²) in [5, 5.41) is 12.5. The van der Waals surface area contributed by atoms with Crippen LogP contribution in [-0.4, -0.2) is 31.4 Å². The van der Waals surface area contributed by atoms with E-state index < -0.39 is 11.4 Å². The van der Waals surface area contributed by atoms with Gasteiger partial charge in [-0.1, -0.05) is 36.4 Å². The van der Waals surface area contributed by atoms with Gasteiger partial charge in [-0.2, -0.15) is 0 Å². The summed E-state index contributed by atoms with van der Waals surface area (Å²) in [4.78, 5) is 32.8. The molecule has 0 atom stereocenters. The van der Waals surface area contributed by atoms with Crippen molar-refractivity contribution in [1.29, 1.82) is 0 Å². The number of aromatic nitrogens is 3. The maximum Gasteiger partial charge on any atom is 0.309 e. The highest BCUT2D eigenvalue weighted by molar-refractivity contribution is 5.99. The third-order valence-corrected chi connectivity index (χ3v) is 5.49. The molecule has 0 aliphatic rings. The minimum Gasteiger partial charge on any atom is -0.481 e. The van der Waals surface area contributed by atoms with Gasteiger partial charge in [0, 0.05) is 24.6 Å². The number of carbonyl (C=O) groups excluding carboxylic acids is 1. The van der Waals surface area contributed by atoms with Crippen LogP contribution in [0, 0.1) is 5.41 Å². The number of hydrogen-bond donors (Lipinski definition) is 2. The molecule has 0 amide bonds. The van der Waals surface area contributed by atoms with Crippen molar-refractivity contribution in [3.05, 3.63) is 72.4 Å². The van der Waals surface area contributed by atoms with E-state index >= 15 is 0 Å². The molecule has 2 N–H and O–H groups in total. The van der Waals surface area contributed by atoms with Crippen LogP contribution >= 0.6 is 0 Å². The van der Waals surface area contributed by atoms with E-state index in [4.69, 9.17) is 0 Å². The number of rotatable bonds is 7. The lowest BCUT2D eigenvalue weighted by Gasteiger charge is -2.17. The van der Waals surface area contributed by atoms with Crippen LogP contribution < -0.4 is 5.32 Å². The van der Waals surface area contributed by atoms with Crippen LogP contribution in [0.15, 0.2) is 66.9 Å². The first kappa shape index (κ1) is 21.2. The second-order valence-electron chi connectivity index (χ2n) is 8.41. The van der Waals surface area contributed by atoms with Crippen molar-refractivity contribution in [2.75, 3.05) is 5.32 Å². The van der Waals surface area contributed by atoms with E-state index in [-0.39, 0.29) is 12.2 Å². The third kappa shape index (κ3) is 4.23. The zero-order valence-electron chi connectivity index (χ0n) is 18.2. The van der Waals surface area contributed by atoms with Crippen molar-refractivity contribution in [1.82, 2.24) is 14.5 Å². The zero-order valence-corrected chi connectivity index (χ0v) is 18.2. The quantitative estimate of drug-likeness (QED) is 0.399. The highest BCUT2D eigenvalue weighted by atomic mass is 16.4. The summed E-state index contributed by atoms with van der Waals surface area (Å²) in [6.07, 6.45) is 1.69. The number of Topliss-reactive ketones (excluding diaryl/α,β-unsaturated/α-hetero) is 1. The van der Waals surface area contributed by atoms with Gasteiger partial charge < -0.3 is 15.0 Å². The van der Waals surface area contributed by atoms with Gasteiger partial charge in [0.25, 0.3) is 0 Å². The molecule has 0 aliphatic heterocycles. The number of fused-ring (bicyclic) bond motifs is 1. The standard InChI is InChI=1S/C25H24N4O3/c1-25(2,23(31)32)14-22(30)17-10-8-16(9-11-17)19-13-12-18(15-26-19)27-24-28-20-6-4-5-7-21(20)29(24)3/h4-13,15H,14H2,1-3H3,(H,27,28)(H,31,32). The second-order valence-corrected chi connectivity index (χ2v) is 8.41. The van der Waals surface area contributed by atoms with Crippen molar-refractivity contribution in [2.45, 2.75) is 20.3 Å². The highest BCUT2D eigenvalue weighted by Crippen LogP contribution is 2.26. The topological polar surface area (TPSA) is 97.1 Å². The molecule has 162 valence electrons. The van der Waals surface area contributed by atoms with Gasteiger partial charge in [0.05, 0.1) is 34.0 Å². The van der Waals surface area contributed by atoms with E-state index in [9.17, 15) is 14.7 Å². The normalized spacial score (nSPS) is 11.5. The molecule has 2 aromatic heterocycles. The van der Waals surface area contributed by atoms with E-state index in [2.05, 4.69) is 15.3 Å². The first-order valence-electron chi connectivity index (χ1n) is 10.3. The number of benzene rings is 2. The Bertz CT molecular complexity index is 1290. The summed E-state index contributed by atoms with van der Waals surface area (Å²) in [6.45, 7) is 3.10. The van der Waals surface area contributed by atoms with Crippen LogP contribution in [0.1, 0.15) is 30.6 Å². The van der Waals surface area contributed by atoms with Crippen molar-refractivity contribution in [2.24, 2.45) is 12.5 Å². The number of aryl methyl sites for hydroxylation is 1. The third-order valence-electron chi connectivity index (χ3n) is 5.49. The van der Waals surface area contributed by atoms with Gasteiger partial charge in [-0.05, 0) is 38.1 Å². The Morgan fingerprint density at radius 1 is 1.03 bits per heavy atom. The first-order chi connectivity index (χ1) is 15.2. The Morgan fingerprint density at radius 3 is 2.38 bits per heavy atom. The highest BCUT2D eigenvalue weighted by Gasteiger charge is 2.30. The van der Waals surface area contributed by atoms with Crippen LogP contribution in [0.25, 0.3) is 22.3 Å². The number of para-hydroxylation sites is 2. The number of anilines is 2. The number of carboxylic acid groups (broad SMARTS) is 1. The Kier molecular flexibility index (Phi) is 5.48. The molecule has 7 nitrogen and oxygen atoms in total. The molecule has 0 unspecified atom stereocenters. The summed E-state index contributed by atoms with van der Waals surface area (Å²) < 4.78 is 1.99. The first-order valence-corrected chi connectivity index (χ1v) is 10.3. The molecule has 0 aliphatic carbocycles. The predicted octanol–water partition coefficient (Wildman–Crippen LogP) is 5.06. The number of nitrogens with one attached hydrogen (secondary N) is 1. The summed E-state index contributed by atoms with van der Waals surface area (Å²) >= 11 is 0. The average Bonchev–Trinajstić information content (AvgIpc) is 3.09. The molecule has 0 fully saturated rings. The summed E-state index contributed by atoms with van der Waals surface area (Å²) in [5.74, 6) is -0.453. The number of nitrogens with zero attached hydrogens (tertiary/aromatic N) is 3. The van der Waals surface area contributed by atoms with Gasteiger partial charge in [0.2, 0.25) is 5.95 Å². The number of hydrogen-bond acceptors (Lipinski definition) is 5. The largest absolute Gasteiger partial charge is 0.481 e. The minimum atomic E-state index is -1.10. The van der Waals surface area contributed by atoms with Gasteiger partial charge in [0.1, 0.15) is 0 Å². The van der Waals surface area contributed by atoms with E-state index in [0.29, 0.717) is 5.56 Å². The maximum atomic E-state index is 12.4. The van der Waals surface area contributed by atoms with Gasteiger partial charge in [-0.3, -0.25) is 14.6 Å². The number of imidazole rings is 1. The second kappa shape index (κ2) is 8.26. The molecular weight excluding hydrogens is 404 g/mol. The Labute approximate surface area is 185 Å². The van der Waals surface area contributed by atoms with Crippen LogP contribution in [0.4, 0.5) is 11.6 Å². The van der Waals surface area contributed by atoms with Crippen molar-refractivity contribution >= 4 is 34.4 Å². The number of ketones is 1. The van der Waals surface area contributed by atoms with E-state index in [1.54, 1.807) is 32.2 Å². The van der Waals surface area contributed by atoms with Crippen molar-refractivity contribution < 1.29 is 14.7 Å². The van der Waals surface area contributed by atoms with Crippen LogP contribution in [0.2, 0.25) is 0 Å². The van der Waals surface area contributed by atoms with E-state index in [0.717, 1.165) is 33.9 Å². The number of carbonyl (C=O) groups is 2. The fraction of sp³-hybridized carbons (Fsp3) is 0.200. The molecule has 7 heteroatoms. The van der Waals surface area contributed by atoms with Crippen LogP contribution in [0.5, 0.6) is 0 Å². The van der Waals surface area contributed by atoms with E-state index in [1.165, 1.54) is 0 Å². The molecule has 2 aromatic carbocycles. The van der Waals surface area contributed by atoms with Gasteiger partial charge in [0.15, 0.2) is 5.78 Å². The van der Waals surface area contributed by atoms with Gasteiger partial charge in [-0.25, -0.2) is 4.98 Å². The number of pyridine rings is 1. The van der Waals surface area contributed by atoms with Crippen molar-refractivity contribution in [3.8, 4) is 11.3 Å². The van der Waals surface area contributed by atoms with Crippen molar-refractivity contribution in [3.63, 3.8) is 0 Å². The molecule has 4 aromatic rings. The summed E-state index contributed by atoms with van der Waals surface area (Å²) in [6, 6.07) is 18.8. The monoisotopic (exact) mass is 428 g/mol. The fourth-order valence-electron chi connectivity index (χ4n) is 3.43. The molecule has 0 saturated heterocycles. The van der Waals surface area contributed by atoms with Gasteiger partial charge >= 0.3 is 5.97 Å². The van der Waals surface area contributed by atoms with E-state index in [1.807, 2.05) is 60.1 Å². The fourth-order valence-corrected chi connectivity index (χ4v) is 3.43. The molecule has 32 heavy (non-hydrogen) atoms. The maximum absolute atomic E-state index is 12.4.